The molecule has 0 atom stereocenters. The molecule has 1 amide bonds. The summed E-state index contributed by atoms with van der Waals surface area (Å²) >= 11 is 6.15. The third-order valence-corrected chi connectivity index (χ3v) is 5.31. The number of furan rings is 1. The van der Waals surface area contributed by atoms with Crippen molar-refractivity contribution in [2.45, 2.75) is 13.1 Å². The Morgan fingerprint density at radius 3 is 2.77 bits per heavy atom. The van der Waals surface area contributed by atoms with Gasteiger partial charge in [-0.1, -0.05) is 29.8 Å². The number of amides is 1. The molecule has 0 radical (unpaired) electrons. The first-order chi connectivity index (χ1) is 15.1. The van der Waals surface area contributed by atoms with Crippen molar-refractivity contribution in [1.29, 1.82) is 0 Å². The third kappa shape index (κ3) is 3.47. The predicted octanol–water partition coefficient (Wildman–Crippen LogP) is 3.27. The highest BCUT2D eigenvalue weighted by molar-refractivity contribution is 6.31. The lowest BCUT2D eigenvalue weighted by atomic mass is 10.2. The van der Waals surface area contributed by atoms with Crippen molar-refractivity contribution >= 4 is 34.2 Å². The summed E-state index contributed by atoms with van der Waals surface area (Å²) < 4.78 is 8.28. The number of hydrogen-bond donors (Lipinski definition) is 1. The van der Waals surface area contributed by atoms with Gasteiger partial charge in [-0.2, -0.15) is 5.10 Å². The molecule has 0 fully saturated rings. The van der Waals surface area contributed by atoms with Crippen molar-refractivity contribution in [3.63, 3.8) is 0 Å². The number of nitrogens with zero attached hydrogens (tertiary/aromatic N) is 4. The Kier molecular flexibility index (Phi) is 4.76. The van der Waals surface area contributed by atoms with Crippen LogP contribution in [0, 0.1) is 0 Å². The zero-order valence-electron chi connectivity index (χ0n) is 16.2. The molecule has 4 heterocycles. The average molecular weight is 434 g/mol. The Bertz CT molecular complexity index is 1470. The number of carbonyl (C=O) groups excluding carboxylic acids is 1. The summed E-state index contributed by atoms with van der Waals surface area (Å²) in [7, 11) is 0. The maximum absolute atomic E-state index is 13.2. The van der Waals surface area contributed by atoms with Gasteiger partial charge in [0, 0.05) is 23.8 Å². The van der Waals surface area contributed by atoms with Crippen LogP contribution >= 0.6 is 11.6 Å². The van der Waals surface area contributed by atoms with E-state index in [1.807, 2.05) is 18.2 Å². The van der Waals surface area contributed by atoms with Crippen molar-refractivity contribution in [3.8, 4) is 11.5 Å². The molecule has 0 saturated heterocycles. The van der Waals surface area contributed by atoms with Crippen LogP contribution < -0.4 is 10.9 Å². The summed E-state index contributed by atoms with van der Waals surface area (Å²) in [6.45, 7) is 0.101. The van der Waals surface area contributed by atoms with Gasteiger partial charge in [0.15, 0.2) is 11.4 Å². The molecule has 0 spiro atoms. The Balaban J connectivity index is 1.53. The van der Waals surface area contributed by atoms with E-state index in [0.717, 1.165) is 5.56 Å². The van der Waals surface area contributed by atoms with E-state index < -0.39 is 0 Å². The smallest absolute Gasteiger partial charge is 0.277 e. The molecule has 154 valence electrons. The Hall–Kier alpha value is -3.91. The molecule has 0 aliphatic heterocycles. The number of aromatic nitrogens is 4. The Morgan fingerprint density at radius 1 is 1.10 bits per heavy atom. The van der Waals surface area contributed by atoms with E-state index >= 15 is 0 Å². The van der Waals surface area contributed by atoms with Crippen molar-refractivity contribution in [2.75, 3.05) is 0 Å². The zero-order valence-corrected chi connectivity index (χ0v) is 16.9. The van der Waals surface area contributed by atoms with Gasteiger partial charge in [-0.15, -0.1) is 0 Å². The van der Waals surface area contributed by atoms with Gasteiger partial charge >= 0.3 is 0 Å². The lowest BCUT2D eigenvalue weighted by Crippen LogP contribution is -2.33. The predicted molar refractivity (Wildman–Crippen MR) is 116 cm³/mol. The van der Waals surface area contributed by atoms with Crippen molar-refractivity contribution < 1.29 is 9.21 Å². The molecule has 9 heteroatoms. The molecule has 5 rings (SSSR count). The minimum absolute atomic E-state index is 0.163. The molecule has 1 aromatic carbocycles. The maximum Gasteiger partial charge on any atom is 0.277 e. The SMILES string of the molecule is O=C(Cn1c(=O)c2cc(-c3ccco3)nn2c2ncccc21)NCc1ccccc1Cl. The third-order valence-electron chi connectivity index (χ3n) is 4.94. The van der Waals surface area contributed by atoms with E-state index in [9.17, 15) is 9.59 Å². The van der Waals surface area contributed by atoms with Gasteiger partial charge in [0.25, 0.3) is 5.56 Å². The monoisotopic (exact) mass is 433 g/mol. The summed E-state index contributed by atoms with van der Waals surface area (Å²) in [4.78, 5) is 30.3. The fourth-order valence-corrected chi connectivity index (χ4v) is 3.64. The standard InChI is InChI=1S/C22H16ClN5O3/c23-15-6-2-1-5-14(15)12-25-20(29)13-27-17-7-3-9-24-21(17)28-18(22(27)30)11-16(26-28)19-8-4-10-31-19/h1-11H,12-13H2,(H,25,29). The van der Waals surface area contributed by atoms with Crippen molar-refractivity contribution in [1.82, 2.24) is 24.5 Å². The summed E-state index contributed by atoms with van der Waals surface area (Å²) in [5.74, 6) is 0.221. The first-order valence-electron chi connectivity index (χ1n) is 9.53. The maximum atomic E-state index is 13.2. The number of fused-ring (bicyclic) bond motifs is 3. The largest absolute Gasteiger partial charge is 0.463 e. The van der Waals surface area contributed by atoms with Crippen LogP contribution in [-0.4, -0.2) is 25.1 Å². The molecule has 8 nitrogen and oxygen atoms in total. The number of hydrogen-bond acceptors (Lipinski definition) is 5. The lowest BCUT2D eigenvalue weighted by molar-refractivity contribution is -0.121. The minimum atomic E-state index is -0.348. The Labute approximate surface area is 180 Å². The number of nitrogens with one attached hydrogen (secondary N) is 1. The molecule has 4 aromatic heterocycles. The van der Waals surface area contributed by atoms with Crippen LogP contribution in [0.25, 0.3) is 28.1 Å². The second kappa shape index (κ2) is 7.73. The zero-order chi connectivity index (χ0) is 21.4. The number of carbonyl (C=O) groups is 1. The van der Waals surface area contributed by atoms with Gasteiger partial charge in [0.05, 0.1) is 11.8 Å². The average Bonchev–Trinajstić information content (AvgIpc) is 3.46. The van der Waals surface area contributed by atoms with Gasteiger partial charge < -0.3 is 9.73 Å². The quantitative estimate of drug-likeness (QED) is 0.459. The van der Waals surface area contributed by atoms with Crippen LogP contribution in [0.1, 0.15) is 5.56 Å². The summed E-state index contributed by atoms with van der Waals surface area (Å²) in [5.41, 5.74) is 2.23. The number of rotatable bonds is 5. The molecule has 0 aliphatic rings. The van der Waals surface area contributed by atoms with Gasteiger partial charge in [-0.05, 0) is 35.9 Å². The summed E-state index contributed by atoms with van der Waals surface area (Å²) in [5, 5.41) is 7.87. The minimum Gasteiger partial charge on any atom is -0.463 e. The van der Waals surface area contributed by atoms with Crippen LogP contribution in [0.4, 0.5) is 0 Å². The molecule has 0 aliphatic carbocycles. The van der Waals surface area contributed by atoms with E-state index in [0.29, 0.717) is 33.2 Å². The van der Waals surface area contributed by atoms with Crippen molar-refractivity contribution in [3.05, 3.63) is 88.0 Å². The van der Waals surface area contributed by atoms with Crippen LogP contribution in [0.2, 0.25) is 5.02 Å². The highest BCUT2D eigenvalue weighted by atomic mass is 35.5. The molecule has 31 heavy (non-hydrogen) atoms. The normalized spacial score (nSPS) is 11.3. The summed E-state index contributed by atoms with van der Waals surface area (Å²) in [6, 6.07) is 15.9. The van der Waals surface area contributed by atoms with E-state index in [-0.39, 0.29) is 24.6 Å². The molecule has 0 unspecified atom stereocenters. The van der Waals surface area contributed by atoms with E-state index in [2.05, 4.69) is 15.4 Å². The van der Waals surface area contributed by atoms with Crippen LogP contribution in [-0.2, 0) is 17.9 Å². The lowest BCUT2D eigenvalue weighted by Gasteiger charge is -2.12. The highest BCUT2D eigenvalue weighted by Gasteiger charge is 2.18. The number of halogens is 1. The molecule has 5 aromatic rings. The van der Waals surface area contributed by atoms with Gasteiger partial charge in [-0.25, -0.2) is 9.50 Å². The van der Waals surface area contributed by atoms with Gasteiger partial charge in [0.1, 0.15) is 17.8 Å². The molecular formula is C22H16ClN5O3. The molecule has 1 N–H and O–H groups in total. The van der Waals surface area contributed by atoms with Gasteiger partial charge in [0.2, 0.25) is 5.91 Å². The van der Waals surface area contributed by atoms with Crippen LogP contribution in [0.15, 0.2) is 76.3 Å². The number of benzene rings is 1. The summed E-state index contributed by atoms with van der Waals surface area (Å²) in [6.07, 6.45) is 3.15. The fourth-order valence-electron chi connectivity index (χ4n) is 3.44. The first kappa shape index (κ1) is 19.1. The topological polar surface area (TPSA) is 94.4 Å². The second-order valence-corrected chi connectivity index (χ2v) is 7.32. The van der Waals surface area contributed by atoms with E-state index in [1.54, 1.807) is 42.6 Å². The van der Waals surface area contributed by atoms with E-state index in [4.69, 9.17) is 16.0 Å². The van der Waals surface area contributed by atoms with Crippen LogP contribution in [0.3, 0.4) is 0 Å². The Morgan fingerprint density at radius 2 is 1.97 bits per heavy atom. The second-order valence-electron chi connectivity index (χ2n) is 6.91. The van der Waals surface area contributed by atoms with E-state index in [1.165, 1.54) is 15.3 Å². The molecule has 0 bridgehead atoms. The molecular weight excluding hydrogens is 418 g/mol. The molecule has 0 saturated carbocycles. The first-order valence-corrected chi connectivity index (χ1v) is 9.91. The van der Waals surface area contributed by atoms with Gasteiger partial charge in [-0.3, -0.25) is 14.2 Å². The van der Waals surface area contributed by atoms with Crippen LogP contribution in [0.5, 0.6) is 0 Å². The highest BCUT2D eigenvalue weighted by Crippen LogP contribution is 2.21. The van der Waals surface area contributed by atoms with Crippen molar-refractivity contribution in [2.24, 2.45) is 0 Å². The number of pyridine rings is 1. The fraction of sp³-hybridized carbons (Fsp3) is 0.0909.